The first kappa shape index (κ1) is 13.4. The highest BCUT2D eigenvalue weighted by Gasteiger charge is 2.18. The summed E-state index contributed by atoms with van der Waals surface area (Å²) in [5, 5.41) is 0. The van der Waals surface area contributed by atoms with Gasteiger partial charge in [0.05, 0.1) is 0 Å². The number of esters is 2. The minimum absolute atomic E-state index is 0.252. The molecule has 0 aromatic rings. The summed E-state index contributed by atoms with van der Waals surface area (Å²) in [5.74, 6) is -1.52. The van der Waals surface area contributed by atoms with Gasteiger partial charge >= 0.3 is 11.9 Å². The molecular weight excluding hydrogens is 200 g/mol. The standard InChI is InChI=1S/C10H14O5/c1-4-5-10(13)14-6-9(7(2)11)15-8(3)12/h4-5,9H,6H2,1-3H3. The third-order valence-electron chi connectivity index (χ3n) is 1.44. The Morgan fingerprint density at radius 1 is 1.27 bits per heavy atom. The molecule has 0 saturated carbocycles. The van der Waals surface area contributed by atoms with E-state index in [2.05, 4.69) is 9.47 Å². The van der Waals surface area contributed by atoms with Crippen LogP contribution in [0.3, 0.4) is 0 Å². The number of hydrogen-bond acceptors (Lipinski definition) is 5. The van der Waals surface area contributed by atoms with Crippen LogP contribution in [-0.4, -0.2) is 30.4 Å². The highest BCUT2D eigenvalue weighted by atomic mass is 16.6. The van der Waals surface area contributed by atoms with Crippen LogP contribution in [-0.2, 0) is 23.9 Å². The second kappa shape index (κ2) is 6.75. The normalized spacial score (nSPS) is 12.2. The minimum atomic E-state index is -1.02. The molecule has 0 aliphatic rings. The van der Waals surface area contributed by atoms with E-state index in [0.29, 0.717) is 0 Å². The van der Waals surface area contributed by atoms with Crippen LogP contribution in [0, 0.1) is 0 Å². The van der Waals surface area contributed by atoms with Crippen LogP contribution < -0.4 is 0 Å². The van der Waals surface area contributed by atoms with Crippen molar-refractivity contribution in [2.75, 3.05) is 6.61 Å². The van der Waals surface area contributed by atoms with Gasteiger partial charge in [0.2, 0.25) is 0 Å². The van der Waals surface area contributed by atoms with E-state index < -0.39 is 18.0 Å². The third-order valence-corrected chi connectivity index (χ3v) is 1.44. The lowest BCUT2D eigenvalue weighted by Crippen LogP contribution is -2.30. The highest BCUT2D eigenvalue weighted by molar-refractivity contribution is 5.85. The number of ketones is 1. The van der Waals surface area contributed by atoms with Gasteiger partial charge in [0, 0.05) is 13.0 Å². The monoisotopic (exact) mass is 214 g/mol. The topological polar surface area (TPSA) is 69.7 Å². The van der Waals surface area contributed by atoms with Gasteiger partial charge in [0.1, 0.15) is 6.61 Å². The van der Waals surface area contributed by atoms with E-state index in [-0.39, 0.29) is 12.4 Å². The zero-order valence-electron chi connectivity index (χ0n) is 8.98. The number of rotatable bonds is 5. The summed E-state index contributed by atoms with van der Waals surface area (Å²) >= 11 is 0. The first-order valence-corrected chi connectivity index (χ1v) is 4.44. The quantitative estimate of drug-likeness (QED) is 0.495. The molecule has 84 valence electrons. The molecule has 0 aliphatic heterocycles. The molecule has 0 fully saturated rings. The fourth-order valence-corrected chi connectivity index (χ4v) is 0.777. The van der Waals surface area contributed by atoms with Crippen LogP contribution in [0.25, 0.3) is 0 Å². The van der Waals surface area contributed by atoms with Gasteiger partial charge in [-0.05, 0) is 13.8 Å². The molecule has 0 radical (unpaired) electrons. The van der Waals surface area contributed by atoms with Crippen molar-refractivity contribution in [3.8, 4) is 0 Å². The van der Waals surface area contributed by atoms with Gasteiger partial charge in [-0.15, -0.1) is 0 Å². The van der Waals surface area contributed by atoms with Crippen LogP contribution in [0.1, 0.15) is 20.8 Å². The molecule has 0 bridgehead atoms. The molecule has 1 atom stereocenters. The summed E-state index contributed by atoms with van der Waals surface area (Å²) in [6.45, 7) is 3.86. The first-order chi connectivity index (χ1) is 6.97. The summed E-state index contributed by atoms with van der Waals surface area (Å²) < 4.78 is 9.33. The Bertz CT molecular complexity index is 280. The summed E-state index contributed by atoms with van der Waals surface area (Å²) in [7, 11) is 0. The summed E-state index contributed by atoms with van der Waals surface area (Å²) in [6.07, 6.45) is 1.71. The fourth-order valence-electron chi connectivity index (χ4n) is 0.777. The molecule has 0 spiro atoms. The number of Topliss-reactive ketones (excluding diaryl/α,β-unsaturated/α-hetero) is 1. The maximum Gasteiger partial charge on any atom is 0.330 e. The SMILES string of the molecule is CC=CC(=O)OCC(OC(C)=O)C(C)=O. The summed E-state index contributed by atoms with van der Waals surface area (Å²) in [6, 6.07) is 0. The van der Waals surface area contributed by atoms with E-state index in [0.717, 1.165) is 0 Å². The van der Waals surface area contributed by atoms with E-state index in [1.807, 2.05) is 0 Å². The van der Waals surface area contributed by atoms with Gasteiger partial charge in [-0.2, -0.15) is 0 Å². The summed E-state index contributed by atoms with van der Waals surface area (Å²) in [5.41, 5.74) is 0. The fraction of sp³-hybridized carbons (Fsp3) is 0.500. The Hall–Kier alpha value is -1.65. The molecule has 0 aliphatic carbocycles. The van der Waals surface area contributed by atoms with Gasteiger partial charge in [0.15, 0.2) is 11.9 Å². The van der Waals surface area contributed by atoms with Crippen LogP contribution in [0.15, 0.2) is 12.2 Å². The zero-order valence-corrected chi connectivity index (χ0v) is 8.98. The smallest absolute Gasteiger partial charge is 0.330 e. The molecule has 15 heavy (non-hydrogen) atoms. The lowest BCUT2D eigenvalue weighted by Gasteiger charge is -2.13. The molecule has 0 aromatic heterocycles. The van der Waals surface area contributed by atoms with Crippen LogP contribution >= 0.6 is 0 Å². The largest absolute Gasteiger partial charge is 0.458 e. The second-order valence-corrected chi connectivity index (χ2v) is 2.84. The summed E-state index contributed by atoms with van der Waals surface area (Å²) in [4.78, 5) is 32.5. The third kappa shape index (κ3) is 6.42. The first-order valence-electron chi connectivity index (χ1n) is 4.44. The Kier molecular flexibility index (Phi) is 6.01. The second-order valence-electron chi connectivity index (χ2n) is 2.84. The van der Waals surface area contributed by atoms with Crippen molar-refractivity contribution >= 4 is 17.7 Å². The molecule has 0 aromatic carbocycles. The van der Waals surface area contributed by atoms with Crippen molar-refractivity contribution in [1.29, 1.82) is 0 Å². The zero-order chi connectivity index (χ0) is 11.8. The predicted octanol–water partition coefficient (Wildman–Crippen LogP) is 0.626. The van der Waals surface area contributed by atoms with E-state index in [9.17, 15) is 14.4 Å². The molecule has 0 saturated heterocycles. The Morgan fingerprint density at radius 2 is 1.87 bits per heavy atom. The predicted molar refractivity (Wildman–Crippen MR) is 52.0 cm³/mol. The number of carbonyl (C=O) groups is 3. The van der Waals surface area contributed by atoms with E-state index in [4.69, 9.17) is 0 Å². The number of ether oxygens (including phenoxy) is 2. The van der Waals surface area contributed by atoms with Crippen molar-refractivity contribution in [2.45, 2.75) is 26.9 Å². The van der Waals surface area contributed by atoms with Crippen LogP contribution in [0.5, 0.6) is 0 Å². The van der Waals surface area contributed by atoms with Crippen molar-refractivity contribution in [3.05, 3.63) is 12.2 Å². The van der Waals surface area contributed by atoms with Gasteiger partial charge in [0.25, 0.3) is 0 Å². The number of hydrogen-bond donors (Lipinski definition) is 0. The molecule has 0 rings (SSSR count). The Morgan fingerprint density at radius 3 is 2.27 bits per heavy atom. The molecule has 1 unspecified atom stereocenters. The van der Waals surface area contributed by atoms with Crippen molar-refractivity contribution in [2.24, 2.45) is 0 Å². The highest BCUT2D eigenvalue weighted by Crippen LogP contribution is 1.97. The van der Waals surface area contributed by atoms with E-state index in [1.165, 1.54) is 26.0 Å². The molecule has 5 heteroatoms. The van der Waals surface area contributed by atoms with Gasteiger partial charge in [-0.1, -0.05) is 6.08 Å². The lowest BCUT2D eigenvalue weighted by molar-refractivity contribution is -0.159. The maximum atomic E-state index is 11.0. The Labute approximate surface area is 88.0 Å². The number of allylic oxidation sites excluding steroid dienone is 1. The van der Waals surface area contributed by atoms with Gasteiger partial charge in [-0.25, -0.2) is 4.79 Å². The Balaban J connectivity index is 4.13. The van der Waals surface area contributed by atoms with Crippen LogP contribution in [0.4, 0.5) is 0 Å². The average molecular weight is 214 g/mol. The van der Waals surface area contributed by atoms with E-state index >= 15 is 0 Å². The van der Waals surface area contributed by atoms with Crippen molar-refractivity contribution in [3.63, 3.8) is 0 Å². The van der Waals surface area contributed by atoms with Crippen molar-refractivity contribution < 1.29 is 23.9 Å². The van der Waals surface area contributed by atoms with Gasteiger partial charge in [-0.3, -0.25) is 9.59 Å². The maximum absolute atomic E-state index is 11.0. The average Bonchev–Trinajstić information content (AvgIpc) is 2.11. The molecule has 0 amide bonds. The molecule has 5 nitrogen and oxygen atoms in total. The van der Waals surface area contributed by atoms with Crippen molar-refractivity contribution in [1.82, 2.24) is 0 Å². The molecule has 0 heterocycles. The van der Waals surface area contributed by atoms with Crippen LogP contribution in [0.2, 0.25) is 0 Å². The lowest BCUT2D eigenvalue weighted by atomic mass is 10.3. The molecular formula is C10H14O5. The number of carbonyl (C=O) groups excluding carboxylic acids is 3. The molecule has 0 N–H and O–H groups in total. The van der Waals surface area contributed by atoms with Gasteiger partial charge < -0.3 is 9.47 Å². The van der Waals surface area contributed by atoms with E-state index in [1.54, 1.807) is 6.92 Å². The minimum Gasteiger partial charge on any atom is -0.458 e.